The zero-order chi connectivity index (χ0) is 30.8. The molecule has 0 aromatic heterocycles. The van der Waals surface area contributed by atoms with Crippen molar-refractivity contribution in [3.05, 3.63) is 53.6 Å². The van der Waals surface area contributed by atoms with E-state index in [1.54, 1.807) is 19.1 Å². The van der Waals surface area contributed by atoms with E-state index in [4.69, 9.17) is 48.1 Å². The molecule has 0 heterocycles. The first-order chi connectivity index (χ1) is 21.2. The standard InChI is InChI=1S/C32H48O11/c1-2-40-32(35)28-24-29(41-22-20-38-18-16-36-14-8-6-12-33)31(43-26-27-10-4-3-5-11-27)30(25-28)42-23-21-39-19-17-37-15-9-7-13-34/h3-5,10-11,24-25,33-34H,2,6-9,12-23,26H2,1H3. The van der Waals surface area contributed by atoms with E-state index in [1.165, 1.54) is 0 Å². The lowest BCUT2D eigenvalue weighted by Crippen LogP contribution is -2.14. The Morgan fingerprint density at radius 2 is 1.12 bits per heavy atom. The number of aliphatic hydroxyl groups is 2. The fourth-order valence-corrected chi connectivity index (χ4v) is 3.69. The number of ether oxygens (including phenoxy) is 8. The highest BCUT2D eigenvalue weighted by Gasteiger charge is 2.20. The molecule has 11 nitrogen and oxygen atoms in total. The van der Waals surface area contributed by atoms with Crippen LogP contribution in [0.3, 0.4) is 0 Å². The average molecular weight is 609 g/mol. The van der Waals surface area contributed by atoms with Crippen LogP contribution in [0.2, 0.25) is 0 Å². The van der Waals surface area contributed by atoms with Crippen LogP contribution in [0, 0.1) is 0 Å². The minimum atomic E-state index is -0.504. The minimum absolute atomic E-state index is 0.162. The van der Waals surface area contributed by atoms with Gasteiger partial charge in [-0.15, -0.1) is 0 Å². The van der Waals surface area contributed by atoms with Gasteiger partial charge in [0.1, 0.15) is 19.8 Å². The summed E-state index contributed by atoms with van der Waals surface area (Å²) in [6, 6.07) is 12.9. The van der Waals surface area contributed by atoms with Crippen LogP contribution in [0.15, 0.2) is 42.5 Å². The van der Waals surface area contributed by atoms with Crippen LogP contribution in [0.5, 0.6) is 17.2 Å². The summed E-state index contributed by atoms with van der Waals surface area (Å²) in [5, 5.41) is 17.6. The molecule has 0 spiro atoms. The summed E-state index contributed by atoms with van der Waals surface area (Å²) >= 11 is 0. The fraction of sp³-hybridized carbons (Fsp3) is 0.594. The third-order valence-corrected chi connectivity index (χ3v) is 5.87. The zero-order valence-electron chi connectivity index (χ0n) is 25.3. The third-order valence-electron chi connectivity index (χ3n) is 5.87. The second-order valence-electron chi connectivity index (χ2n) is 9.30. The number of hydrogen-bond acceptors (Lipinski definition) is 11. The molecule has 0 amide bonds. The maximum absolute atomic E-state index is 12.6. The van der Waals surface area contributed by atoms with Crippen LogP contribution in [0.1, 0.15) is 48.5 Å². The van der Waals surface area contributed by atoms with E-state index < -0.39 is 5.97 Å². The average Bonchev–Trinajstić information content (AvgIpc) is 3.02. The Hall–Kier alpha value is -2.93. The van der Waals surface area contributed by atoms with E-state index in [1.807, 2.05) is 30.3 Å². The first kappa shape index (κ1) is 36.3. The second-order valence-corrected chi connectivity index (χ2v) is 9.30. The summed E-state index contributed by atoms with van der Waals surface area (Å²) < 4.78 is 45.6. The Bertz CT molecular complexity index is 926. The van der Waals surface area contributed by atoms with Crippen LogP contribution >= 0.6 is 0 Å². The lowest BCUT2D eigenvalue weighted by molar-refractivity contribution is 0.0327. The van der Waals surface area contributed by atoms with Crippen molar-refractivity contribution in [2.45, 2.75) is 39.2 Å². The van der Waals surface area contributed by atoms with Gasteiger partial charge in [0.05, 0.1) is 51.8 Å². The highest BCUT2D eigenvalue weighted by Crippen LogP contribution is 2.40. The van der Waals surface area contributed by atoms with Crippen LogP contribution in [0.4, 0.5) is 0 Å². The van der Waals surface area contributed by atoms with Gasteiger partial charge in [0, 0.05) is 26.4 Å². The maximum atomic E-state index is 12.6. The quantitative estimate of drug-likeness (QED) is 0.113. The summed E-state index contributed by atoms with van der Waals surface area (Å²) in [6.07, 6.45) is 3.04. The first-order valence-corrected chi connectivity index (χ1v) is 15.0. The third kappa shape index (κ3) is 16.5. The molecule has 2 rings (SSSR count). The molecular weight excluding hydrogens is 560 g/mol. The molecular formula is C32H48O11. The fourth-order valence-electron chi connectivity index (χ4n) is 3.69. The maximum Gasteiger partial charge on any atom is 0.338 e. The van der Waals surface area contributed by atoms with E-state index in [2.05, 4.69) is 0 Å². The lowest BCUT2D eigenvalue weighted by Gasteiger charge is -2.19. The molecule has 2 aromatic carbocycles. The summed E-state index contributed by atoms with van der Waals surface area (Å²) in [6.45, 7) is 6.44. The molecule has 0 fully saturated rings. The normalized spacial score (nSPS) is 11.0. The molecule has 2 N–H and O–H groups in total. The van der Waals surface area contributed by atoms with Gasteiger partial charge in [-0.1, -0.05) is 30.3 Å². The molecule has 2 aromatic rings. The van der Waals surface area contributed by atoms with Gasteiger partial charge in [-0.25, -0.2) is 4.79 Å². The van der Waals surface area contributed by atoms with Crippen LogP contribution in [0.25, 0.3) is 0 Å². The Labute approximate surface area is 254 Å². The van der Waals surface area contributed by atoms with Crippen molar-refractivity contribution >= 4 is 5.97 Å². The first-order valence-electron chi connectivity index (χ1n) is 15.0. The van der Waals surface area contributed by atoms with Gasteiger partial charge >= 0.3 is 5.97 Å². The van der Waals surface area contributed by atoms with Crippen molar-refractivity contribution in [3.63, 3.8) is 0 Å². The predicted octanol–water partition coefficient (Wildman–Crippen LogP) is 3.81. The van der Waals surface area contributed by atoms with Crippen LogP contribution in [-0.4, -0.2) is 102 Å². The van der Waals surface area contributed by atoms with Gasteiger partial charge in [-0.2, -0.15) is 0 Å². The summed E-state index contributed by atoms with van der Waals surface area (Å²) in [7, 11) is 0. The van der Waals surface area contributed by atoms with Gasteiger partial charge in [0.25, 0.3) is 0 Å². The van der Waals surface area contributed by atoms with Gasteiger partial charge in [0.2, 0.25) is 5.75 Å². The zero-order valence-corrected chi connectivity index (χ0v) is 25.3. The molecule has 0 aliphatic heterocycles. The molecule has 0 saturated carbocycles. The highest BCUT2D eigenvalue weighted by atomic mass is 16.6. The topological polar surface area (TPSA) is 131 Å². The molecule has 0 bridgehead atoms. The summed E-state index contributed by atoms with van der Waals surface area (Å²) in [5.74, 6) is 0.516. The lowest BCUT2D eigenvalue weighted by atomic mass is 10.1. The van der Waals surface area contributed by atoms with Crippen molar-refractivity contribution in [2.75, 3.05) is 85.9 Å². The number of aliphatic hydroxyl groups excluding tert-OH is 2. The summed E-state index contributed by atoms with van der Waals surface area (Å²) in [5.41, 5.74) is 1.23. The molecule has 0 aliphatic rings. The molecule has 11 heteroatoms. The minimum Gasteiger partial charge on any atom is -0.487 e. The van der Waals surface area contributed by atoms with Crippen LogP contribution < -0.4 is 14.2 Å². The Kier molecular flexibility index (Phi) is 20.7. The van der Waals surface area contributed by atoms with Crippen molar-refractivity contribution in [2.24, 2.45) is 0 Å². The number of carbonyl (C=O) groups is 1. The monoisotopic (exact) mass is 608 g/mol. The molecule has 0 radical (unpaired) electrons. The van der Waals surface area contributed by atoms with E-state index in [-0.39, 0.29) is 45.2 Å². The van der Waals surface area contributed by atoms with E-state index >= 15 is 0 Å². The summed E-state index contributed by atoms with van der Waals surface area (Å²) in [4.78, 5) is 12.6. The van der Waals surface area contributed by atoms with Gasteiger partial charge in [-0.05, 0) is 50.3 Å². The largest absolute Gasteiger partial charge is 0.487 e. The van der Waals surface area contributed by atoms with E-state index in [9.17, 15) is 4.79 Å². The van der Waals surface area contributed by atoms with E-state index in [0.717, 1.165) is 18.4 Å². The molecule has 43 heavy (non-hydrogen) atoms. The van der Waals surface area contributed by atoms with Crippen LogP contribution in [-0.2, 0) is 30.3 Å². The smallest absolute Gasteiger partial charge is 0.338 e. The van der Waals surface area contributed by atoms with Gasteiger partial charge in [0.15, 0.2) is 11.5 Å². The van der Waals surface area contributed by atoms with Gasteiger partial charge < -0.3 is 48.1 Å². The Balaban J connectivity index is 2.01. The van der Waals surface area contributed by atoms with E-state index in [0.29, 0.717) is 82.9 Å². The van der Waals surface area contributed by atoms with Crippen molar-refractivity contribution in [1.29, 1.82) is 0 Å². The number of unbranched alkanes of at least 4 members (excludes halogenated alkanes) is 2. The molecule has 0 aliphatic carbocycles. The number of esters is 1. The van der Waals surface area contributed by atoms with Crippen molar-refractivity contribution < 1.29 is 52.9 Å². The molecule has 0 saturated heterocycles. The SMILES string of the molecule is CCOC(=O)c1cc(OCCOCCOCCCCO)c(OCc2ccccc2)c(OCCOCCOCCCCO)c1. The van der Waals surface area contributed by atoms with Crippen molar-refractivity contribution in [3.8, 4) is 17.2 Å². The number of rotatable bonds is 27. The number of carbonyl (C=O) groups excluding carboxylic acids is 1. The second kappa shape index (κ2) is 24.5. The Morgan fingerprint density at radius 3 is 1.60 bits per heavy atom. The molecule has 0 unspecified atom stereocenters. The van der Waals surface area contributed by atoms with Gasteiger partial charge in [-0.3, -0.25) is 0 Å². The predicted molar refractivity (Wildman–Crippen MR) is 160 cm³/mol. The molecule has 242 valence electrons. The number of hydrogen-bond donors (Lipinski definition) is 2. The van der Waals surface area contributed by atoms with Crippen molar-refractivity contribution in [1.82, 2.24) is 0 Å². The molecule has 0 atom stereocenters. The highest BCUT2D eigenvalue weighted by molar-refractivity contribution is 5.91. The number of benzene rings is 2. The Morgan fingerprint density at radius 1 is 0.628 bits per heavy atom.